The third kappa shape index (κ3) is 4.30. The summed E-state index contributed by atoms with van der Waals surface area (Å²) in [4.78, 5) is 2.38. The minimum atomic E-state index is 0.599. The molecule has 0 amide bonds. The molecule has 1 fully saturated rings. The molecule has 3 heteroatoms. The van der Waals surface area contributed by atoms with Gasteiger partial charge in [0.2, 0.25) is 0 Å². The molecule has 0 aromatic rings. The van der Waals surface area contributed by atoms with Crippen molar-refractivity contribution < 1.29 is 4.74 Å². The summed E-state index contributed by atoms with van der Waals surface area (Å²) in [5.41, 5.74) is 0. The maximum absolute atomic E-state index is 5.50. The van der Waals surface area contributed by atoms with E-state index in [2.05, 4.69) is 18.9 Å². The Morgan fingerprint density at radius 1 is 1.46 bits per heavy atom. The van der Waals surface area contributed by atoms with E-state index in [1.54, 1.807) is 0 Å². The Morgan fingerprint density at radius 2 is 2.15 bits per heavy atom. The molecule has 2 nitrogen and oxygen atoms in total. The zero-order chi connectivity index (χ0) is 9.68. The predicted molar refractivity (Wildman–Crippen MR) is 56.4 cm³/mol. The van der Waals surface area contributed by atoms with Crippen LogP contribution in [0.15, 0.2) is 0 Å². The molecular formula is C10H20ClNO. The lowest BCUT2D eigenvalue weighted by atomic mass is 10.2. The van der Waals surface area contributed by atoms with Crippen molar-refractivity contribution in [3.63, 3.8) is 0 Å². The molecule has 0 radical (unpaired) electrons. The Morgan fingerprint density at radius 3 is 2.69 bits per heavy atom. The zero-order valence-electron chi connectivity index (χ0n) is 8.63. The average molecular weight is 206 g/mol. The second-order valence-electron chi connectivity index (χ2n) is 3.86. The molecule has 0 saturated heterocycles. The largest absolute Gasteiger partial charge is 0.379 e. The van der Waals surface area contributed by atoms with Gasteiger partial charge in [0.25, 0.3) is 0 Å². The molecular weight excluding hydrogens is 186 g/mol. The van der Waals surface area contributed by atoms with Crippen molar-refractivity contribution in [2.24, 2.45) is 5.92 Å². The molecule has 0 N–H and O–H groups in total. The highest BCUT2D eigenvalue weighted by atomic mass is 35.5. The van der Waals surface area contributed by atoms with Crippen LogP contribution in [0, 0.1) is 5.92 Å². The highest BCUT2D eigenvalue weighted by Crippen LogP contribution is 2.34. The molecule has 1 aliphatic rings. The van der Waals surface area contributed by atoms with Crippen molar-refractivity contribution in [1.82, 2.24) is 4.90 Å². The maximum Gasteiger partial charge on any atom is 0.0602 e. The van der Waals surface area contributed by atoms with Crippen LogP contribution in [0.3, 0.4) is 0 Å². The molecule has 0 aliphatic heterocycles. The molecule has 1 aliphatic carbocycles. The molecule has 0 spiro atoms. The number of hydrogen-bond donors (Lipinski definition) is 0. The lowest BCUT2D eigenvalue weighted by Gasteiger charge is -2.24. The van der Waals surface area contributed by atoms with Crippen LogP contribution in [0.1, 0.15) is 19.8 Å². The van der Waals surface area contributed by atoms with Crippen LogP contribution in [0.2, 0.25) is 0 Å². The number of alkyl halides is 1. The minimum absolute atomic E-state index is 0.599. The van der Waals surface area contributed by atoms with Gasteiger partial charge in [-0.2, -0.15) is 0 Å². The van der Waals surface area contributed by atoms with Crippen molar-refractivity contribution in [2.45, 2.75) is 25.8 Å². The quantitative estimate of drug-likeness (QED) is 0.466. The molecule has 0 aromatic carbocycles. The molecule has 0 aromatic heterocycles. The van der Waals surface area contributed by atoms with Gasteiger partial charge in [-0.25, -0.2) is 0 Å². The van der Waals surface area contributed by atoms with E-state index in [1.165, 1.54) is 12.8 Å². The lowest BCUT2D eigenvalue weighted by molar-refractivity contribution is 0.107. The van der Waals surface area contributed by atoms with Gasteiger partial charge in [0, 0.05) is 18.5 Å². The number of hydrogen-bond acceptors (Lipinski definition) is 2. The Balaban J connectivity index is 1.99. The van der Waals surface area contributed by atoms with Gasteiger partial charge in [0.05, 0.1) is 13.2 Å². The van der Waals surface area contributed by atoms with E-state index in [0.29, 0.717) is 12.5 Å². The fourth-order valence-electron chi connectivity index (χ4n) is 1.51. The first-order valence-corrected chi connectivity index (χ1v) is 5.63. The predicted octanol–water partition coefficient (Wildman–Crippen LogP) is 1.97. The summed E-state index contributed by atoms with van der Waals surface area (Å²) in [5.74, 6) is 1.54. The Labute approximate surface area is 86.2 Å². The van der Waals surface area contributed by atoms with Crippen LogP contribution in [0.4, 0.5) is 0 Å². The van der Waals surface area contributed by atoms with E-state index >= 15 is 0 Å². The molecule has 1 rings (SSSR count). The number of rotatable bonds is 7. The molecule has 0 bridgehead atoms. The second-order valence-corrected chi connectivity index (χ2v) is 4.24. The smallest absolute Gasteiger partial charge is 0.0602 e. The van der Waals surface area contributed by atoms with E-state index in [1.807, 2.05) is 0 Å². The molecule has 78 valence electrons. The van der Waals surface area contributed by atoms with Crippen molar-refractivity contribution in [3.8, 4) is 0 Å². The first kappa shape index (κ1) is 11.3. The lowest BCUT2D eigenvalue weighted by Crippen LogP contribution is -2.33. The highest BCUT2D eigenvalue weighted by molar-refractivity contribution is 6.17. The van der Waals surface area contributed by atoms with Crippen LogP contribution in [-0.2, 0) is 4.74 Å². The van der Waals surface area contributed by atoms with Gasteiger partial charge in [0.1, 0.15) is 0 Å². The van der Waals surface area contributed by atoms with Crippen LogP contribution >= 0.6 is 11.6 Å². The summed E-state index contributed by atoms with van der Waals surface area (Å²) in [6, 6.07) is 0.722. The topological polar surface area (TPSA) is 12.5 Å². The third-order valence-corrected chi connectivity index (χ3v) is 2.96. The van der Waals surface area contributed by atoms with Gasteiger partial charge in [-0.3, -0.25) is 0 Å². The molecule has 1 saturated carbocycles. The SMILES string of the molecule is CC(C1CC1)N(C)CCOCCCl. The fraction of sp³-hybridized carbons (Fsp3) is 1.00. The number of likely N-dealkylation sites (N-methyl/N-ethyl adjacent to an activating group) is 1. The average Bonchev–Trinajstić information content (AvgIpc) is 2.94. The van der Waals surface area contributed by atoms with Gasteiger partial charge < -0.3 is 9.64 Å². The summed E-state index contributed by atoms with van der Waals surface area (Å²) in [6.07, 6.45) is 2.82. The molecule has 13 heavy (non-hydrogen) atoms. The summed E-state index contributed by atoms with van der Waals surface area (Å²) in [7, 11) is 2.17. The third-order valence-electron chi connectivity index (χ3n) is 2.81. The Hall–Kier alpha value is 0.210. The van der Waals surface area contributed by atoms with Gasteiger partial charge in [-0.15, -0.1) is 11.6 Å². The summed E-state index contributed by atoms with van der Waals surface area (Å²) in [6.45, 7) is 4.81. The Bertz CT molecular complexity index is 139. The maximum atomic E-state index is 5.50. The number of nitrogens with zero attached hydrogens (tertiary/aromatic N) is 1. The van der Waals surface area contributed by atoms with E-state index in [-0.39, 0.29) is 0 Å². The van der Waals surface area contributed by atoms with E-state index in [0.717, 1.165) is 25.1 Å². The Kier molecular flexibility index (Phi) is 5.07. The van der Waals surface area contributed by atoms with Crippen molar-refractivity contribution in [3.05, 3.63) is 0 Å². The van der Waals surface area contributed by atoms with Gasteiger partial charge in [-0.05, 0) is 32.7 Å². The minimum Gasteiger partial charge on any atom is -0.379 e. The van der Waals surface area contributed by atoms with E-state index in [9.17, 15) is 0 Å². The normalized spacial score (nSPS) is 19.4. The zero-order valence-corrected chi connectivity index (χ0v) is 9.39. The summed E-state index contributed by atoms with van der Waals surface area (Å²) in [5, 5.41) is 0. The fourth-order valence-corrected chi connectivity index (χ4v) is 1.62. The number of ether oxygens (including phenoxy) is 1. The van der Waals surface area contributed by atoms with Crippen LogP contribution < -0.4 is 0 Å². The number of halogens is 1. The van der Waals surface area contributed by atoms with Gasteiger partial charge >= 0.3 is 0 Å². The summed E-state index contributed by atoms with van der Waals surface area (Å²) >= 11 is 5.50. The van der Waals surface area contributed by atoms with Crippen LogP contribution in [-0.4, -0.2) is 43.6 Å². The van der Waals surface area contributed by atoms with E-state index < -0.39 is 0 Å². The standard InChI is InChI=1S/C10H20ClNO/c1-9(10-3-4-10)12(2)6-8-13-7-5-11/h9-10H,3-8H2,1-2H3. The monoisotopic (exact) mass is 205 g/mol. The first-order valence-electron chi connectivity index (χ1n) is 5.09. The second kappa shape index (κ2) is 5.84. The first-order chi connectivity index (χ1) is 6.25. The van der Waals surface area contributed by atoms with Crippen molar-refractivity contribution >= 4 is 11.6 Å². The summed E-state index contributed by atoms with van der Waals surface area (Å²) < 4.78 is 5.33. The van der Waals surface area contributed by atoms with Crippen molar-refractivity contribution in [2.75, 3.05) is 32.7 Å². The van der Waals surface area contributed by atoms with E-state index in [4.69, 9.17) is 16.3 Å². The van der Waals surface area contributed by atoms with Crippen molar-refractivity contribution in [1.29, 1.82) is 0 Å². The molecule has 1 unspecified atom stereocenters. The van der Waals surface area contributed by atoms with Gasteiger partial charge in [0.15, 0.2) is 0 Å². The molecule has 1 atom stereocenters. The molecule has 0 heterocycles. The van der Waals surface area contributed by atoms with Gasteiger partial charge in [-0.1, -0.05) is 0 Å². The van der Waals surface area contributed by atoms with Crippen LogP contribution in [0.5, 0.6) is 0 Å². The highest BCUT2D eigenvalue weighted by Gasteiger charge is 2.29. The van der Waals surface area contributed by atoms with Crippen LogP contribution in [0.25, 0.3) is 0 Å².